The number of rotatable bonds is 48. The highest BCUT2D eigenvalue weighted by Gasteiger charge is 2.23. The van der Waals surface area contributed by atoms with Crippen molar-refractivity contribution in [1.82, 2.24) is 5.32 Å². The molecule has 0 fully saturated rings. The minimum atomic E-state index is -1.07. The third kappa shape index (κ3) is 42.9. The van der Waals surface area contributed by atoms with Gasteiger partial charge in [0, 0.05) is 0 Å². The van der Waals surface area contributed by atoms with Crippen molar-refractivity contribution in [2.75, 3.05) is 6.61 Å². The van der Waals surface area contributed by atoms with E-state index in [4.69, 9.17) is 0 Å². The van der Waals surface area contributed by atoms with Crippen molar-refractivity contribution in [2.24, 2.45) is 0 Å². The number of aliphatic hydroxyl groups excluding tert-OH is 3. The summed E-state index contributed by atoms with van der Waals surface area (Å²) in [7, 11) is 0. The number of nitrogens with one attached hydrogen (secondary N) is 1. The minimum Gasteiger partial charge on any atom is -0.394 e. The Morgan fingerprint density at radius 3 is 1.03 bits per heavy atom. The Hall–Kier alpha value is -1.17. The summed E-state index contributed by atoms with van der Waals surface area (Å²) in [5.41, 5.74) is 0. The molecule has 0 rings (SSSR count). The summed E-state index contributed by atoms with van der Waals surface area (Å²) in [6.07, 6.45) is 60.6. The van der Waals surface area contributed by atoms with Crippen molar-refractivity contribution >= 4 is 5.91 Å². The highest BCUT2D eigenvalue weighted by molar-refractivity contribution is 5.80. The lowest BCUT2D eigenvalue weighted by Crippen LogP contribution is -2.49. The Kier molecular flexibility index (Phi) is 47.5. The van der Waals surface area contributed by atoms with Gasteiger partial charge >= 0.3 is 0 Å². The smallest absolute Gasteiger partial charge is 0.249 e. The van der Waals surface area contributed by atoms with Crippen LogP contribution in [0.25, 0.3) is 0 Å². The molecule has 58 heavy (non-hydrogen) atoms. The van der Waals surface area contributed by atoms with Crippen LogP contribution in [0.15, 0.2) is 24.3 Å². The highest BCUT2D eigenvalue weighted by Crippen LogP contribution is 2.17. The van der Waals surface area contributed by atoms with Crippen molar-refractivity contribution in [3.05, 3.63) is 24.3 Å². The number of allylic oxidation sites excluding steroid dienone is 4. The average molecular weight is 818 g/mol. The van der Waals surface area contributed by atoms with Gasteiger partial charge in [0.15, 0.2) is 0 Å². The maximum atomic E-state index is 12.5. The zero-order chi connectivity index (χ0) is 42.3. The van der Waals surface area contributed by atoms with E-state index in [-0.39, 0.29) is 6.61 Å². The minimum absolute atomic E-state index is 0.312. The Labute approximate surface area is 362 Å². The van der Waals surface area contributed by atoms with E-state index < -0.39 is 24.2 Å². The Morgan fingerprint density at radius 2 is 0.707 bits per heavy atom. The quantitative estimate of drug-likeness (QED) is 0.0364. The van der Waals surface area contributed by atoms with Crippen LogP contribution >= 0.6 is 0 Å². The zero-order valence-electron chi connectivity index (χ0n) is 39.2. The molecule has 0 heterocycles. The lowest BCUT2D eigenvalue weighted by atomic mass is 10.0. The fourth-order valence-corrected chi connectivity index (χ4v) is 8.22. The molecule has 344 valence electrons. The molecular weight excluding hydrogens is 715 g/mol. The summed E-state index contributed by atoms with van der Waals surface area (Å²) in [4.78, 5) is 12.5. The van der Waals surface area contributed by atoms with Crippen molar-refractivity contribution in [3.8, 4) is 0 Å². The van der Waals surface area contributed by atoms with Gasteiger partial charge in [-0.15, -0.1) is 0 Å². The standard InChI is InChI=1S/C53H103NO4/c1-3-5-7-9-11-13-15-17-19-21-22-23-24-25-26-27-28-29-30-31-32-34-36-38-40-42-44-46-48-52(57)53(58)54-50(49-55)51(56)47-45-43-41-39-37-35-33-20-18-16-14-12-10-8-6-4-2/h22-23,25-26,50-52,55-57H,3-21,24,27-49H2,1-2H3,(H,54,58)/b23-22-,26-25-. The van der Waals surface area contributed by atoms with Crippen LogP contribution in [0.4, 0.5) is 0 Å². The third-order valence-electron chi connectivity index (χ3n) is 12.3. The first kappa shape index (κ1) is 56.8. The molecule has 0 radical (unpaired) electrons. The number of hydrogen-bond acceptors (Lipinski definition) is 4. The number of carbonyl (C=O) groups is 1. The Balaban J connectivity index is 3.55. The molecule has 5 nitrogen and oxygen atoms in total. The fourth-order valence-electron chi connectivity index (χ4n) is 8.22. The lowest BCUT2D eigenvalue weighted by molar-refractivity contribution is -0.131. The van der Waals surface area contributed by atoms with Crippen LogP contribution in [-0.4, -0.2) is 46.1 Å². The molecule has 0 aliphatic heterocycles. The van der Waals surface area contributed by atoms with E-state index in [0.29, 0.717) is 12.8 Å². The van der Waals surface area contributed by atoms with Gasteiger partial charge in [-0.25, -0.2) is 0 Å². The molecule has 3 atom stereocenters. The first-order valence-electron chi connectivity index (χ1n) is 26.1. The van der Waals surface area contributed by atoms with Gasteiger partial charge < -0.3 is 20.6 Å². The van der Waals surface area contributed by atoms with E-state index in [1.165, 1.54) is 218 Å². The number of aliphatic hydroxyl groups is 3. The van der Waals surface area contributed by atoms with Gasteiger partial charge in [0.1, 0.15) is 6.10 Å². The molecule has 0 aromatic heterocycles. The van der Waals surface area contributed by atoms with Crippen LogP contribution in [0.3, 0.4) is 0 Å². The molecule has 0 saturated carbocycles. The van der Waals surface area contributed by atoms with Crippen LogP contribution in [0.2, 0.25) is 0 Å². The van der Waals surface area contributed by atoms with Gasteiger partial charge in [-0.05, 0) is 44.9 Å². The predicted octanol–water partition coefficient (Wildman–Crippen LogP) is 15.7. The lowest BCUT2D eigenvalue weighted by Gasteiger charge is -2.23. The van der Waals surface area contributed by atoms with E-state index in [1.807, 2.05) is 0 Å². The van der Waals surface area contributed by atoms with E-state index >= 15 is 0 Å². The molecule has 0 spiro atoms. The molecule has 0 aromatic rings. The molecule has 0 saturated heterocycles. The molecule has 4 N–H and O–H groups in total. The number of hydrogen-bond donors (Lipinski definition) is 4. The number of unbranched alkanes of at least 4 members (excludes halogenated alkanes) is 36. The van der Waals surface area contributed by atoms with Crippen LogP contribution in [-0.2, 0) is 4.79 Å². The normalized spacial score (nSPS) is 13.5. The first-order chi connectivity index (χ1) is 28.6. The second-order valence-corrected chi connectivity index (χ2v) is 18.1. The van der Waals surface area contributed by atoms with E-state index in [0.717, 1.165) is 38.5 Å². The van der Waals surface area contributed by atoms with Gasteiger partial charge in [0.25, 0.3) is 0 Å². The van der Waals surface area contributed by atoms with Gasteiger partial charge in [-0.2, -0.15) is 0 Å². The largest absolute Gasteiger partial charge is 0.394 e. The zero-order valence-corrected chi connectivity index (χ0v) is 39.2. The highest BCUT2D eigenvalue weighted by atomic mass is 16.3. The second kappa shape index (κ2) is 48.5. The molecule has 0 bridgehead atoms. The van der Waals surface area contributed by atoms with Crippen molar-refractivity contribution < 1.29 is 20.1 Å². The monoisotopic (exact) mass is 818 g/mol. The van der Waals surface area contributed by atoms with Gasteiger partial charge in [0.05, 0.1) is 18.8 Å². The molecule has 0 aliphatic rings. The van der Waals surface area contributed by atoms with Crippen LogP contribution in [0, 0.1) is 0 Å². The summed E-state index contributed by atoms with van der Waals surface area (Å²) in [6, 6.07) is -0.711. The van der Waals surface area contributed by atoms with E-state index in [9.17, 15) is 20.1 Å². The predicted molar refractivity (Wildman–Crippen MR) is 255 cm³/mol. The van der Waals surface area contributed by atoms with Crippen molar-refractivity contribution in [1.29, 1.82) is 0 Å². The third-order valence-corrected chi connectivity index (χ3v) is 12.3. The molecule has 0 aromatic carbocycles. The van der Waals surface area contributed by atoms with Gasteiger partial charge in [0.2, 0.25) is 5.91 Å². The molecule has 1 amide bonds. The van der Waals surface area contributed by atoms with Crippen LogP contribution < -0.4 is 5.32 Å². The maximum Gasteiger partial charge on any atom is 0.249 e. The molecule has 5 heteroatoms. The fraction of sp³-hybridized carbons (Fsp3) is 0.906. The van der Waals surface area contributed by atoms with Crippen molar-refractivity contribution in [2.45, 2.75) is 302 Å². The summed E-state index contributed by atoms with van der Waals surface area (Å²) in [5.74, 6) is -0.469. The van der Waals surface area contributed by atoms with Crippen LogP contribution in [0.5, 0.6) is 0 Å². The molecular formula is C53H103NO4. The Morgan fingerprint density at radius 1 is 0.414 bits per heavy atom. The Bertz CT molecular complexity index is 859. The molecule has 3 unspecified atom stereocenters. The SMILES string of the molecule is CCCCCCCCCCC/C=C\C/C=C\CCCCCCCCCCCCCCC(O)C(=O)NC(CO)C(O)CCCCCCCCCCCCCCCCCC. The van der Waals surface area contributed by atoms with Gasteiger partial charge in [-0.3, -0.25) is 4.79 Å². The molecule has 0 aliphatic carbocycles. The van der Waals surface area contributed by atoms with Gasteiger partial charge in [-0.1, -0.05) is 263 Å². The van der Waals surface area contributed by atoms with Crippen molar-refractivity contribution in [3.63, 3.8) is 0 Å². The maximum absolute atomic E-state index is 12.5. The number of carbonyl (C=O) groups excluding carboxylic acids is 1. The summed E-state index contributed by atoms with van der Waals surface area (Å²) in [6.45, 7) is 4.25. The van der Waals surface area contributed by atoms with Crippen LogP contribution in [0.1, 0.15) is 284 Å². The summed E-state index contributed by atoms with van der Waals surface area (Å²) in [5, 5.41) is 33.5. The number of amides is 1. The summed E-state index contributed by atoms with van der Waals surface area (Å²) >= 11 is 0. The first-order valence-corrected chi connectivity index (χ1v) is 26.1. The topological polar surface area (TPSA) is 89.8 Å². The van der Waals surface area contributed by atoms with E-state index in [1.54, 1.807) is 0 Å². The average Bonchev–Trinajstić information content (AvgIpc) is 3.23. The summed E-state index contributed by atoms with van der Waals surface area (Å²) < 4.78 is 0. The second-order valence-electron chi connectivity index (χ2n) is 18.1. The van der Waals surface area contributed by atoms with E-state index in [2.05, 4.69) is 43.5 Å².